The molecule has 113 heavy (non-hydrogen) atoms. The van der Waals surface area contributed by atoms with E-state index in [-0.39, 0.29) is 62.8 Å². The van der Waals surface area contributed by atoms with Crippen molar-refractivity contribution < 1.29 is 72.2 Å². The predicted octanol–water partition coefficient (Wildman–Crippen LogP) is 3.67. The number of piperidine rings is 1. The molecule has 29 heteroatoms. The highest BCUT2D eigenvalue weighted by atomic mass is 16.3. The van der Waals surface area contributed by atoms with Gasteiger partial charge in [0.25, 0.3) is 0 Å². The van der Waals surface area contributed by atoms with E-state index in [4.69, 9.17) is 0 Å². The molecule has 0 bridgehead atoms. The molecule has 2 saturated heterocycles. The van der Waals surface area contributed by atoms with Crippen LogP contribution in [-0.4, -0.2) is 287 Å². The fraction of sp³-hybridized carbons (Fsp3) is 0.619. The van der Waals surface area contributed by atoms with Gasteiger partial charge < -0.3 is 75.8 Å². The van der Waals surface area contributed by atoms with Gasteiger partial charge in [0.15, 0.2) is 0 Å². The average molecular weight is 1570 g/mol. The second-order valence-electron chi connectivity index (χ2n) is 32.4. The summed E-state index contributed by atoms with van der Waals surface area (Å²) in [6.45, 7) is 20.6. The number of carbonyl (C=O) groups is 14. The molecular weight excluding hydrogens is 1450 g/mol. The van der Waals surface area contributed by atoms with E-state index in [1.807, 2.05) is 34.6 Å². The Bertz CT molecular complexity index is 3730. The summed E-state index contributed by atoms with van der Waals surface area (Å²) in [6, 6.07) is 11.3. The molecule has 3 aromatic rings. The largest absolute Gasteiger partial charge is 0.391 e. The van der Waals surface area contributed by atoms with E-state index in [9.17, 15) is 43.5 Å². The van der Waals surface area contributed by atoms with Crippen LogP contribution in [0, 0.1) is 29.6 Å². The van der Waals surface area contributed by atoms with Crippen LogP contribution >= 0.6 is 0 Å². The second-order valence-corrected chi connectivity index (χ2v) is 32.4. The van der Waals surface area contributed by atoms with Crippen molar-refractivity contribution in [1.29, 1.82) is 0 Å². The van der Waals surface area contributed by atoms with Crippen LogP contribution in [0.3, 0.4) is 0 Å². The molecule has 2 fully saturated rings. The Labute approximate surface area is 668 Å². The number of rotatable bonds is 22. The predicted molar refractivity (Wildman–Crippen MR) is 430 cm³/mol. The van der Waals surface area contributed by atoms with Gasteiger partial charge in [0.2, 0.25) is 82.7 Å². The van der Waals surface area contributed by atoms with Gasteiger partial charge in [0, 0.05) is 102 Å². The van der Waals surface area contributed by atoms with E-state index in [0.717, 1.165) is 38.9 Å². The molecule has 2 heterocycles. The molecular formula is C84H128N14O15. The van der Waals surface area contributed by atoms with E-state index in [1.165, 1.54) is 82.9 Å². The van der Waals surface area contributed by atoms with Crippen LogP contribution < -0.4 is 26.6 Å². The third-order valence-corrected chi connectivity index (χ3v) is 21.8. The summed E-state index contributed by atoms with van der Waals surface area (Å²) in [5.74, 6) is -12.7. The molecule has 2 aliphatic rings. The van der Waals surface area contributed by atoms with Crippen LogP contribution in [0.5, 0.6) is 0 Å². The van der Waals surface area contributed by atoms with Crippen molar-refractivity contribution in [1.82, 2.24) is 70.7 Å². The third-order valence-electron chi connectivity index (χ3n) is 21.8. The lowest BCUT2D eigenvalue weighted by atomic mass is 9.94. The summed E-state index contributed by atoms with van der Waals surface area (Å²) in [4.78, 5) is 221. The number of nitrogens with zero attached hydrogens (tertiary/aromatic N) is 9. The molecule has 0 aromatic heterocycles. The van der Waals surface area contributed by atoms with Crippen LogP contribution in [0.1, 0.15) is 151 Å². The summed E-state index contributed by atoms with van der Waals surface area (Å²) in [5.41, 5.74) is 1.86. The van der Waals surface area contributed by atoms with E-state index < -0.39 is 180 Å². The van der Waals surface area contributed by atoms with E-state index >= 15 is 28.8 Å². The molecule has 3 aromatic carbocycles. The highest BCUT2D eigenvalue weighted by Gasteiger charge is 2.45. The molecule has 14 amide bonds. The maximum atomic E-state index is 15.9. The monoisotopic (exact) mass is 1570 g/mol. The first-order valence-corrected chi connectivity index (χ1v) is 39.8. The normalized spacial score (nSPS) is 22.9. The molecule has 5 rings (SSSR count). The molecule has 6 N–H and O–H groups in total. The number of hydrogen-bond acceptors (Lipinski definition) is 15. The molecule has 2 aliphatic heterocycles. The van der Waals surface area contributed by atoms with Crippen molar-refractivity contribution in [3.63, 3.8) is 0 Å². The minimum absolute atomic E-state index is 0.0132. The van der Waals surface area contributed by atoms with Crippen LogP contribution in [0.2, 0.25) is 0 Å². The van der Waals surface area contributed by atoms with Gasteiger partial charge in [-0.15, -0.1) is 0 Å². The highest BCUT2D eigenvalue weighted by Crippen LogP contribution is 2.25. The van der Waals surface area contributed by atoms with Gasteiger partial charge in [0.05, 0.1) is 19.1 Å². The minimum atomic E-state index is -1.82. The maximum absolute atomic E-state index is 15.9. The Morgan fingerprint density at radius 3 is 1.49 bits per heavy atom. The van der Waals surface area contributed by atoms with E-state index in [2.05, 4.69) is 26.6 Å². The summed E-state index contributed by atoms with van der Waals surface area (Å²) in [7, 11) is 11.0. The van der Waals surface area contributed by atoms with Gasteiger partial charge >= 0.3 is 0 Å². The second kappa shape index (κ2) is 44.0. The number of nitrogens with one attached hydrogen (secondary N) is 5. The number of likely N-dealkylation sites (N-methyl/N-ethyl adjacent to an activating group) is 7. The zero-order chi connectivity index (χ0) is 84.6. The summed E-state index contributed by atoms with van der Waals surface area (Å²) >= 11 is 0. The van der Waals surface area contributed by atoms with Gasteiger partial charge in [-0.1, -0.05) is 167 Å². The Hall–Kier alpha value is -9.80. The topological polar surface area (TPSA) is 349 Å². The molecule has 0 spiro atoms. The first-order valence-electron chi connectivity index (χ1n) is 39.8. The number of hydrogen-bond donors (Lipinski definition) is 6. The lowest BCUT2D eigenvalue weighted by Gasteiger charge is -2.38. The Morgan fingerprint density at radius 1 is 0.504 bits per heavy atom. The zero-order valence-corrected chi connectivity index (χ0v) is 70.3. The van der Waals surface area contributed by atoms with Crippen molar-refractivity contribution >= 4 is 82.7 Å². The lowest BCUT2D eigenvalue weighted by molar-refractivity contribution is -0.152. The van der Waals surface area contributed by atoms with Gasteiger partial charge in [-0.2, -0.15) is 0 Å². The average Bonchev–Trinajstić information content (AvgIpc) is 0.812. The summed E-state index contributed by atoms with van der Waals surface area (Å²) < 4.78 is 0. The van der Waals surface area contributed by atoms with E-state index in [1.54, 1.807) is 137 Å². The Balaban J connectivity index is 1.66. The number of aliphatic hydroxyl groups excluding tert-OH is 1. The van der Waals surface area contributed by atoms with Gasteiger partial charge in [0.1, 0.15) is 66.5 Å². The Morgan fingerprint density at radius 2 is 0.982 bits per heavy atom. The van der Waals surface area contributed by atoms with Crippen molar-refractivity contribution in [2.75, 3.05) is 82.6 Å². The first kappa shape index (κ1) is 93.8. The molecule has 0 radical (unpaired) electrons. The smallest absolute Gasteiger partial charge is 0.248 e. The molecule has 0 aliphatic carbocycles. The molecule has 0 saturated carbocycles. The number of benzene rings is 3. The summed E-state index contributed by atoms with van der Waals surface area (Å²) in [5, 5.41) is 25.3. The standard InChI is InChI=1S/C84H128N14O15/c1-21-55(10)70-84(113)97(20)73(54(8)9)77(106)86-61(46-58-34-26-22-27-35-58)74(103)89-71(57(12)99)83(112)91(14)50-69(102)93(16)65(45-52(4)5)82(111)96(19)72(53(6)7)78(107)87-62(49-68(101)90(13)43-40-67(100)92(15)63(44-51(2)3)76(105)88-70)80(109)95(18)66(48-60-38-30-24-31-39-60)81(110)94(17)64(47-59-36-28-23-29-37-59)75(104)85-56(11)79(108)98-41-32-25-33-42-98/h22-24,26-31,34-39,51-57,61-66,70-73,99H,21,25,32-33,40-50H2,1-20H3,(H,85,104)(H,86,106)(H,87,107)(H,88,105)(H,89,103)/t55-,56-,57+,61-,62-,63-,64-,65-,66-,70-,71-,72-,73-/m0/s1. The van der Waals surface area contributed by atoms with Gasteiger partial charge in [-0.05, 0) is 92.2 Å². The molecule has 13 atom stereocenters. The van der Waals surface area contributed by atoms with Gasteiger partial charge in [-0.25, -0.2) is 0 Å². The number of carbonyl (C=O) groups excluding carboxylic acids is 14. The van der Waals surface area contributed by atoms with Crippen molar-refractivity contribution in [3.05, 3.63) is 108 Å². The fourth-order valence-corrected chi connectivity index (χ4v) is 14.6. The zero-order valence-electron chi connectivity index (χ0n) is 70.3. The number of aliphatic hydroxyl groups is 1. The quantitative estimate of drug-likeness (QED) is 0.0836. The highest BCUT2D eigenvalue weighted by molar-refractivity contribution is 6.01. The Kier molecular flexibility index (Phi) is 36.5. The van der Waals surface area contributed by atoms with Crippen molar-refractivity contribution in [2.45, 2.75) is 226 Å². The molecule has 29 nitrogen and oxygen atoms in total. The van der Waals surface area contributed by atoms with E-state index in [0.29, 0.717) is 36.2 Å². The molecule has 0 unspecified atom stereocenters. The van der Waals surface area contributed by atoms with Crippen molar-refractivity contribution in [2.24, 2.45) is 29.6 Å². The maximum Gasteiger partial charge on any atom is 0.248 e. The van der Waals surface area contributed by atoms with Crippen LogP contribution in [0.25, 0.3) is 0 Å². The van der Waals surface area contributed by atoms with Gasteiger partial charge in [-0.3, -0.25) is 67.1 Å². The summed E-state index contributed by atoms with van der Waals surface area (Å²) in [6.07, 6.45) is 0.0894. The first-order chi connectivity index (χ1) is 53.1. The van der Waals surface area contributed by atoms with Crippen LogP contribution in [0.4, 0.5) is 0 Å². The number of amides is 14. The van der Waals surface area contributed by atoms with Crippen molar-refractivity contribution in [3.8, 4) is 0 Å². The lowest BCUT2D eigenvalue weighted by Crippen LogP contribution is -2.62. The number of likely N-dealkylation sites (tertiary alicyclic amines) is 1. The van der Waals surface area contributed by atoms with Crippen LogP contribution in [-0.2, 0) is 86.4 Å². The minimum Gasteiger partial charge on any atom is -0.391 e. The fourth-order valence-electron chi connectivity index (χ4n) is 14.6. The SMILES string of the molecule is CC[C@H](C)[C@@H]1NC(=O)[C@H](CC(C)C)N(C)C(=O)CCN(C)C(=O)C[C@@H](C(=O)N(C)[C@@H](Cc2ccccc2)C(=O)N(C)[C@@H](Cc2ccccc2)C(=O)N[C@@H](C)C(=O)N2CCCCC2)NC(=O)[C@H](C(C)C)N(C)C(=O)[C@H](CC(C)C)N(C)C(=O)CN(C)C(=O)[C@H]([C@@H](C)O)NC(=O)[C@H](Cc2ccccc2)NC(=O)[C@H](C(C)C)N(C)C1=O. The molecule has 624 valence electrons. The third kappa shape index (κ3) is 26.4. The van der Waals surface area contributed by atoms with Crippen LogP contribution in [0.15, 0.2) is 91.0 Å².